The van der Waals surface area contributed by atoms with Crippen molar-refractivity contribution in [1.29, 1.82) is 0 Å². The van der Waals surface area contributed by atoms with Crippen molar-refractivity contribution in [2.24, 2.45) is 5.41 Å². The van der Waals surface area contributed by atoms with Crippen LogP contribution >= 0.6 is 0 Å². The normalized spacial score (nSPS) is 19.4. The molecule has 19 heavy (non-hydrogen) atoms. The Morgan fingerprint density at radius 3 is 2.74 bits per heavy atom. The molecule has 0 spiro atoms. The molecule has 1 unspecified atom stereocenters. The summed E-state index contributed by atoms with van der Waals surface area (Å²) in [4.78, 5) is 12.3. The second-order valence-electron chi connectivity index (χ2n) is 5.89. The largest absolute Gasteiger partial charge is 0.376 e. The van der Waals surface area contributed by atoms with E-state index >= 15 is 0 Å². The lowest BCUT2D eigenvalue weighted by Gasteiger charge is -2.24. The van der Waals surface area contributed by atoms with Crippen LogP contribution in [0, 0.1) is 5.41 Å². The average molecular weight is 261 g/mol. The molecule has 1 aliphatic heterocycles. The highest BCUT2D eigenvalue weighted by Crippen LogP contribution is 2.22. The van der Waals surface area contributed by atoms with E-state index in [9.17, 15) is 4.79 Å². The van der Waals surface area contributed by atoms with Gasteiger partial charge in [0, 0.05) is 18.6 Å². The second-order valence-corrected chi connectivity index (χ2v) is 5.89. The molecule has 1 fully saturated rings. The van der Waals surface area contributed by atoms with Crippen molar-refractivity contribution in [3.05, 3.63) is 35.9 Å². The molecule has 1 aliphatic rings. The fourth-order valence-corrected chi connectivity index (χ4v) is 2.44. The molecule has 1 heterocycles. The van der Waals surface area contributed by atoms with Gasteiger partial charge in [-0.05, 0) is 24.8 Å². The van der Waals surface area contributed by atoms with Gasteiger partial charge < -0.3 is 10.1 Å². The summed E-state index contributed by atoms with van der Waals surface area (Å²) in [5, 5.41) is 3.02. The summed E-state index contributed by atoms with van der Waals surface area (Å²) in [5.74, 6) is 0.104. The maximum Gasteiger partial charge on any atom is 0.226 e. The highest BCUT2D eigenvalue weighted by Gasteiger charge is 2.28. The van der Waals surface area contributed by atoms with Gasteiger partial charge in [-0.1, -0.05) is 44.2 Å². The standard InChI is InChI=1S/C16H23NO2/c1-16(2,11-13-7-4-3-5-8-13)15(18)17-12-14-9-6-10-19-14/h3-5,7-8,14H,6,9-12H2,1-2H3,(H,17,18). The number of hydrogen-bond donors (Lipinski definition) is 1. The van der Waals surface area contributed by atoms with Gasteiger partial charge in [0.2, 0.25) is 5.91 Å². The minimum Gasteiger partial charge on any atom is -0.376 e. The van der Waals surface area contributed by atoms with Crippen molar-refractivity contribution in [3.63, 3.8) is 0 Å². The molecule has 3 nitrogen and oxygen atoms in total. The highest BCUT2D eigenvalue weighted by atomic mass is 16.5. The predicted molar refractivity (Wildman–Crippen MR) is 75.9 cm³/mol. The molecule has 0 saturated carbocycles. The van der Waals surface area contributed by atoms with Crippen LogP contribution in [0.5, 0.6) is 0 Å². The van der Waals surface area contributed by atoms with E-state index in [4.69, 9.17) is 4.74 Å². The molecule has 0 aliphatic carbocycles. The number of benzene rings is 1. The first-order valence-corrected chi connectivity index (χ1v) is 7.02. The molecular formula is C16H23NO2. The van der Waals surface area contributed by atoms with Crippen LogP contribution < -0.4 is 5.32 Å². The molecular weight excluding hydrogens is 238 g/mol. The van der Waals surface area contributed by atoms with Gasteiger partial charge in [-0.2, -0.15) is 0 Å². The van der Waals surface area contributed by atoms with Crippen molar-refractivity contribution in [1.82, 2.24) is 5.32 Å². The number of carbonyl (C=O) groups is 1. The predicted octanol–water partition coefficient (Wildman–Crippen LogP) is 2.55. The molecule has 1 aromatic rings. The van der Waals surface area contributed by atoms with Crippen LogP contribution in [0.15, 0.2) is 30.3 Å². The van der Waals surface area contributed by atoms with Crippen molar-refractivity contribution >= 4 is 5.91 Å². The van der Waals surface area contributed by atoms with Crippen molar-refractivity contribution in [2.75, 3.05) is 13.2 Å². The van der Waals surface area contributed by atoms with Gasteiger partial charge in [-0.15, -0.1) is 0 Å². The van der Waals surface area contributed by atoms with Crippen molar-refractivity contribution in [3.8, 4) is 0 Å². The quantitative estimate of drug-likeness (QED) is 0.884. The molecule has 2 rings (SSSR count). The van der Waals surface area contributed by atoms with Crippen LogP contribution in [0.3, 0.4) is 0 Å². The Morgan fingerprint density at radius 1 is 1.37 bits per heavy atom. The summed E-state index contributed by atoms with van der Waals surface area (Å²) in [5.41, 5.74) is 0.805. The van der Waals surface area contributed by atoms with E-state index < -0.39 is 0 Å². The SMILES string of the molecule is CC(C)(Cc1ccccc1)C(=O)NCC1CCCO1. The number of rotatable bonds is 5. The zero-order chi connectivity index (χ0) is 13.7. The molecule has 1 atom stereocenters. The maximum atomic E-state index is 12.3. The number of carbonyl (C=O) groups excluding carboxylic acids is 1. The molecule has 0 radical (unpaired) electrons. The Kier molecular flexibility index (Phi) is 4.59. The summed E-state index contributed by atoms with van der Waals surface area (Å²) >= 11 is 0. The Morgan fingerprint density at radius 2 is 2.11 bits per heavy atom. The molecule has 0 aromatic heterocycles. The monoisotopic (exact) mass is 261 g/mol. The summed E-state index contributed by atoms with van der Waals surface area (Å²) in [7, 11) is 0. The summed E-state index contributed by atoms with van der Waals surface area (Å²) < 4.78 is 5.52. The lowest BCUT2D eigenvalue weighted by Crippen LogP contribution is -2.41. The molecule has 1 saturated heterocycles. The number of hydrogen-bond acceptors (Lipinski definition) is 2. The van der Waals surface area contributed by atoms with Gasteiger partial charge in [-0.3, -0.25) is 4.79 Å². The minimum absolute atomic E-state index is 0.104. The number of amides is 1. The van der Waals surface area contributed by atoms with Crippen molar-refractivity contribution in [2.45, 2.75) is 39.2 Å². The van der Waals surface area contributed by atoms with E-state index in [1.165, 1.54) is 5.56 Å². The summed E-state index contributed by atoms with van der Waals surface area (Å²) in [6.07, 6.45) is 3.12. The third-order valence-electron chi connectivity index (χ3n) is 3.62. The van der Waals surface area contributed by atoms with Gasteiger partial charge >= 0.3 is 0 Å². The van der Waals surface area contributed by atoms with Gasteiger partial charge in [0.15, 0.2) is 0 Å². The van der Waals surface area contributed by atoms with Crippen LogP contribution in [-0.2, 0) is 16.0 Å². The van der Waals surface area contributed by atoms with E-state index in [0.29, 0.717) is 6.54 Å². The maximum absolute atomic E-state index is 12.3. The third kappa shape index (κ3) is 4.06. The Bertz CT molecular complexity index is 408. The van der Waals surface area contributed by atoms with E-state index in [2.05, 4.69) is 17.4 Å². The molecule has 104 valence electrons. The summed E-state index contributed by atoms with van der Waals surface area (Å²) in [6.45, 7) is 5.45. The van der Waals surface area contributed by atoms with Gasteiger partial charge in [0.1, 0.15) is 0 Å². The van der Waals surface area contributed by atoms with E-state index in [-0.39, 0.29) is 17.4 Å². The number of ether oxygens (including phenoxy) is 1. The smallest absolute Gasteiger partial charge is 0.226 e. The van der Waals surface area contributed by atoms with Gasteiger partial charge in [-0.25, -0.2) is 0 Å². The first kappa shape index (κ1) is 14.1. The lowest BCUT2D eigenvalue weighted by atomic mass is 9.85. The van der Waals surface area contributed by atoms with E-state index in [1.54, 1.807) is 0 Å². The first-order valence-electron chi connectivity index (χ1n) is 7.02. The highest BCUT2D eigenvalue weighted by molar-refractivity contribution is 5.82. The molecule has 1 aromatic carbocycles. The Labute approximate surface area is 115 Å². The third-order valence-corrected chi connectivity index (χ3v) is 3.62. The van der Waals surface area contributed by atoms with Crippen LogP contribution in [0.2, 0.25) is 0 Å². The molecule has 3 heteroatoms. The van der Waals surface area contributed by atoms with Crippen LogP contribution in [0.1, 0.15) is 32.3 Å². The Hall–Kier alpha value is -1.35. The first-order chi connectivity index (χ1) is 9.08. The zero-order valence-electron chi connectivity index (χ0n) is 11.8. The fraction of sp³-hybridized carbons (Fsp3) is 0.562. The van der Waals surface area contributed by atoms with E-state index in [0.717, 1.165) is 25.9 Å². The molecule has 0 bridgehead atoms. The topological polar surface area (TPSA) is 38.3 Å². The van der Waals surface area contributed by atoms with Crippen LogP contribution in [0.25, 0.3) is 0 Å². The van der Waals surface area contributed by atoms with Gasteiger partial charge in [0.05, 0.1) is 6.10 Å². The minimum atomic E-state index is -0.389. The lowest BCUT2D eigenvalue weighted by molar-refractivity contribution is -0.129. The van der Waals surface area contributed by atoms with Crippen LogP contribution in [-0.4, -0.2) is 25.2 Å². The van der Waals surface area contributed by atoms with Crippen molar-refractivity contribution < 1.29 is 9.53 Å². The number of nitrogens with one attached hydrogen (secondary N) is 1. The van der Waals surface area contributed by atoms with E-state index in [1.807, 2.05) is 32.0 Å². The van der Waals surface area contributed by atoms with Crippen LogP contribution in [0.4, 0.5) is 0 Å². The molecule has 1 amide bonds. The Balaban J connectivity index is 1.85. The average Bonchev–Trinajstić information content (AvgIpc) is 2.89. The zero-order valence-corrected chi connectivity index (χ0v) is 11.8. The summed E-state index contributed by atoms with van der Waals surface area (Å²) in [6, 6.07) is 10.1. The molecule has 1 N–H and O–H groups in total. The van der Waals surface area contributed by atoms with Gasteiger partial charge in [0.25, 0.3) is 0 Å². The fourth-order valence-electron chi connectivity index (χ4n) is 2.44. The second kappa shape index (κ2) is 6.20.